The van der Waals surface area contributed by atoms with E-state index in [4.69, 9.17) is 0 Å². The Morgan fingerprint density at radius 3 is 2.33 bits per heavy atom. The van der Waals surface area contributed by atoms with Crippen molar-refractivity contribution in [1.29, 1.82) is 0 Å². The molecule has 1 aromatic carbocycles. The Morgan fingerprint density at radius 1 is 1.11 bits per heavy atom. The highest BCUT2D eigenvalue weighted by Crippen LogP contribution is 2.22. The summed E-state index contributed by atoms with van der Waals surface area (Å²) in [5.74, 6) is 0. The monoisotopic (exact) mass is 241 g/mol. The van der Waals surface area contributed by atoms with Gasteiger partial charge in [-0.05, 0) is 37.0 Å². The lowest BCUT2D eigenvalue weighted by Crippen LogP contribution is -2.29. The van der Waals surface area contributed by atoms with Crippen molar-refractivity contribution in [2.45, 2.75) is 19.3 Å². The van der Waals surface area contributed by atoms with Gasteiger partial charge in [0.15, 0.2) is 6.29 Å². The summed E-state index contributed by atoms with van der Waals surface area (Å²) in [5.41, 5.74) is 2.88. The van der Waals surface area contributed by atoms with Crippen molar-refractivity contribution in [2.75, 3.05) is 18.0 Å². The Balaban J connectivity index is 2.16. The van der Waals surface area contributed by atoms with E-state index in [2.05, 4.69) is 23.6 Å². The molecule has 0 spiro atoms. The first-order valence-corrected chi connectivity index (χ1v) is 6.48. The van der Waals surface area contributed by atoms with Crippen molar-refractivity contribution in [2.24, 2.45) is 0 Å². The van der Waals surface area contributed by atoms with Crippen molar-refractivity contribution in [3.05, 3.63) is 48.6 Å². The molecule has 0 unspecified atom stereocenters. The van der Waals surface area contributed by atoms with E-state index in [1.165, 1.54) is 24.9 Å². The zero-order valence-corrected chi connectivity index (χ0v) is 10.6. The zero-order chi connectivity index (χ0) is 12.8. The molecular weight excluding hydrogens is 222 g/mol. The van der Waals surface area contributed by atoms with Crippen LogP contribution in [0.5, 0.6) is 0 Å². The Hall–Kier alpha value is -1.83. The quantitative estimate of drug-likeness (QED) is 0.457. The van der Waals surface area contributed by atoms with Gasteiger partial charge in [0, 0.05) is 24.4 Å². The van der Waals surface area contributed by atoms with Gasteiger partial charge in [-0.2, -0.15) is 0 Å². The SMILES string of the molecule is C=CC=C(C=O)c1ccc(N2CCCCC2)cc1. The van der Waals surface area contributed by atoms with Gasteiger partial charge in [-0.15, -0.1) is 0 Å². The van der Waals surface area contributed by atoms with Crippen LogP contribution in [0.15, 0.2) is 43.0 Å². The number of carbonyl (C=O) groups is 1. The largest absolute Gasteiger partial charge is 0.372 e. The summed E-state index contributed by atoms with van der Waals surface area (Å²) in [6, 6.07) is 8.21. The molecule has 0 atom stereocenters. The fraction of sp³-hybridized carbons (Fsp3) is 0.312. The smallest absolute Gasteiger partial charge is 0.150 e. The first-order chi connectivity index (χ1) is 8.85. The van der Waals surface area contributed by atoms with E-state index in [0.29, 0.717) is 5.57 Å². The molecule has 0 N–H and O–H groups in total. The number of rotatable bonds is 4. The maximum atomic E-state index is 11.0. The summed E-state index contributed by atoms with van der Waals surface area (Å²) in [6.45, 7) is 5.90. The molecule has 0 saturated carbocycles. The average Bonchev–Trinajstić information content (AvgIpc) is 2.46. The summed E-state index contributed by atoms with van der Waals surface area (Å²) in [4.78, 5) is 13.4. The Morgan fingerprint density at radius 2 is 1.78 bits per heavy atom. The van der Waals surface area contributed by atoms with Crippen LogP contribution in [0.4, 0.5) is 5.69 Å². The van der Waals surface area contributed by atoms with E-state index in [1.54, 1.807) is 12.2 Å². The Kier molecular flexibility index (Phi) is 4.35. The normalized spacial score (nSPS) is 16.4. The highest BCUT2D eigenvalue weighted by Gasteiger charge is 2.10. The van der Waals surface area contributed by atoms with E-state index in [9.17, 15) is 4.79 Å². The summed E-state index contributed by atoms with van der Waals surface area (Å²) >= 11 is 0. The number of carbonyl (C=O) groups excluding carboxylic acids is 1. The number of nitrogens with zero attached hydrogens (tertiary/aromatic N) is 1. The van der Waals surface area contributed by atoms with E-state index in [1.807, 2.05) is 12.1 Å². The van der Waals surface area contributed by atoms with E-state index in [0.717, 1.165) is 24.9 Å². The van der Waals surface area contributed by atoms with Crippen LogP contribution in [-0.4, -0.2) is 19.4 Å². The summed E-state index contributed by atoms with van der Waals surface area (Å²) in [6.07, 6.45) is 8.14. The second-order valence-electron chi connectivity index (χ2n) is 4.57. The maximum Gasteiger partial charge on any atom is 0.150 e. The van der Waals surface area contributed by atoms with Crippen molar-refractivity contribution in [3.63, 3.8) is 0 Å². The van der Waals surface area contributed by atoms with Crippen LogP contribution >= 0.6 is 0 Å². The molecule has 2 rings (SSSR count). The molecule has 94 valence electrons. The average molecular weight is 241 g/mol. The topological polar surface area (TPSA) is 20.3 Å². The van der Waals surface area contributed by atoms with Gasteiger partial charge in [-0.1, -0.05) is 30.9 Å². The van der Waals surface area contributed by atoms with E-state index >= 15 is 0 Å². The number of allylic oxidation sites excluding steroid dienone is 3. The number of aldehydes is 1. The molecule has 1 saturated heterocycles. The minimum absolute atomic E-state index is 0.676. The van der Waals surface area contributed by atoms with Crippen LogP contribution in [-0.2, 0) is 4.79 Å². The third-order valence-electron chi connectivity index (χ3n) is 3.35. The number of hydrogen-bond acceptors (Lipinski definition) is 2. The van der Waals surface area contributed by atoms with Gasteiger partial charge in [0.05, 0.1) is 0 Å². The van der Waals surface area contributed by atoms with Gasteiger partial charge in [-0.25, -0.2) is 0 Å². The Bertz CT molecular complexity index is 439. The predicted molar refractivity (Wildman–Crippen MR) is 76.7 cm³/mol. The number of hydrogen-bond donors (Lipinski definition) is 0. The fourth-order valence-electron chi connectivity index (χ4n) is 2.35. The lowest BCUT2D eigenvalue weighted by Gasteiger charge is -2.28. The number of anilines is 1. The van der Waals surface area contributed by atoms with Crippen molar-refractivity contribution >= 4 is 17.5 Å². The van der Waals surface area contributed by atoms with Crippen LogP contribution in [0.2, 0.25) is 0 Å². The molecule has 1 aromatic rings. The first kappa shape index (κ1) is 12.6. The molecular formula is C16H19NO. The molecule has 0 bridgehead atoms. The van der Waals surface area contributed by atoms with Crippen LogP contribution in [0.1, 0.15) is 24.8 Å². The molecule has 1 aliphatic heterocycles. The zero-order valence-electron chi connectivity index (χ0n) is 10.6. The molecule has 2 nitrogen and oxygen atoms in total. The maximum absolute atomic E-state index is 11.0. The van der Waals surface area contributed by atoms with Crippen LogP contribution in [0.3, 0.4) is 0 Å². The second-order valence-corrected chi connectivity index (χ2v) is 4.57. The fourth-order valence-corrected chi connectivity index (χ4v) is 2.35. The van der Waals surface area contributed by atoms with Crippen molar-refractivity contribution in [1.82, 2.24) is 0 Å². The lowest BCUT2D eigenvalue weighted by molar-refractivity contribution is -0.103. The van der Waals surface area contributed by atoms with Gasteiger partial charge >= 0.3 is 0 Å². The standard InChI is InChI=1S/C16H19NO/c1-2-6-15(13-18)14-7-9-16(10-8-14)17-11-4-3-5-12-17/h2,6-10,13H,1,3-5,11-12H2. The van der Waals surface area contributed by atoms with Gasteiger partial charge in [0.2, 0.25) is 0 Å². The minimum atomic E-state index is 0.676. The first-order valence-electron chi connectivity index (χ1n) is 6.48. The Labute approximate surface area is 109 Å². The molecule has 0 aromatic heterocycles. The summed E-state index contributed by atoms with van der Waals surface area (Å²) < 4.78 is 0. The molecule has 0 amide bonds. The van der Waals surface area contributed by atoms with Crippen molar-refractivity contribution in [3.8, 4) is 0 Å². The van der Waals surface area contributed by atoms with Crippen molar-refractivity contribution < 1.29 is 4.79 Å². The third kappa shape index (κ3) is 2.89. The number of piperidine rings is 1. The molecule has 1 aliphatic rings. The minimum Gasteiger partial charge on any atom is -0.372 e. The molecule has 18 heavy (non-hydrogen) atoms. The summed E-state index contributed by atoms with van der Waals surface area (Å²) in [7, 11) is 0. The molecule has 1 heterocycles. The van der Waals surface area contributed by atoms with Gasteiger partial charge < -0.3 is 4.90 Å². The lowest BCUT2D eigenvalue weighted by atomic mass is 10.0. The van der Waals surface area contributed by atoms with Crippen LogP contribution in [0.25, 0.3) is 5.57 Å². The molecule has 2 heteroatoms. The van der Waals surface area contributed by atoms with Crippen LogP contribution in [0, 0.1) is 0 Å². The summed E-state index contributed by atoms with van der Waals surface area (Å²) in [5, 5.41) is 0. The molecule has 1 fully saturated rings. The van der Waals surface area contributed by atoms with Crippen LogP contribution < -0.4 is 4.90 Å². The van der Waals surface area contributed by atoms with Gasteiger partial charge in [0.25, 0.3) is 0 Å². The number of benzene rings is 1. The molecule has 0 radical (unpaired) electrons. The van der Waals surface area contributed by atoms with E-state index < -0.39 is 0 Å². The second kappa shape index (κ2) is 6.20. The van der Waals surface area contributed by atoms with E-state index in [-0.39, 0.29) is 0 Å². The highest BCUT2D eigenvalue weighted by atomic mass is 16.1. The molecule has 0 aliphatic carbocycles. The van der Waals surface area contributed by atoms with Gasteiger partial charge in [0.1, 0.15) is 0 Å². The highest BCUT2D eigenvalue weighted by molar-refractivity contribution is 6.07. The predicted octanol–water partition coefficient (Wildman–Crippen LogP) is 3.45. The third-order valence-corrected chi connectivity index (χ3v) is 3.35. The van der Waals surface area contributed by atoms with Gasteiger partial charge in [-0.3, -0.25) is 4.79 Å².